The van der Waals surface area contributed by atoms with Gasteiger partial charge in [0.25, 0.3) is 0 Å². The molecular weight excluding hydrogens is 406 g/mol. The number of allylic oxidation sites excluding steroid dienone is 5. The number of ether oxygens (including phenoxy) is 1. The maximum Gasteiger partial charge on any atom is 0.119 e. The van der Waals surface area contributed by atoms with Crippen LogP contribution in [0.2, 0.25) is 0 Å². The summed E-state index contributed by atoms with van der Waals surface area (Å²) in [6.07, 6.45) is 7.98. The molecule has 4 nitrogen and oxygen atoms in total. The summed E-state index contributed by atoms with van der Waals surface area (Å²) in [6, 6.07) is 12.6. The van der Waals surface area contributed by atoms with Crippen LogP contribution in [0.3, 0.4) is 0 Å². The van der Waals surface area contributed by atoms with E-state index < -0.39 is 0 Å². The molecule has 0 aliphatic carbocycles. The van der Waals surface area contributed by atoms with E-state index in [0.717, 1.165) is 58.0 Å². The van der Waals surface area contributed by atoms with Crippen LogP contribution in [0.1, 0.15) is 46.1 Å². The van der Waals surface area contributed by atoms with Gasteiger partial charge in [-0.1, -0.05) is 76.8 Å². The summed E-state index contributed by atoms with van der Waals surface area (Å²) in [5.41, 5.74) is 3.94. The van der Waals surface area contributed by atoms with Crippen LogP contribution >= 0.6 is 0 Å². The topological polar surface area (TPSA) is 49.9 Å². The van der Waals surface area contributed by atoms with E-state index in [2.05, 4.69) is 81.0 Å². The van der Waals surface area contributed by atoms with Crippen molar-refractivity contribution in [2.24, 2.45) is 5.92 Å². The largest absolute Gasteiger partial charge is 0.497 e. The average Bonchev–Trinajstić information content (AvgIpc) is 3.24. The zero-order valence-electron chi connectivity index (χ0n) is 20.8. The van der Waals surface area contributed by atoms with Crippen LogP contribution in [0.15, 0.2) is 67.3 Å². The van der Waals surface area contributed by atoms with Crippen LogP contribution in [0.4, 0.5) is 0 Å². The molecule has 4 heteroatoms. The van der Waals surface area contributed by atoms with Gasteiger partial charge in [-0.3, -0.25) is 0 Å². The molecule has 0 amide bonds. The molecule has 0 fully saturated rings. The molecule has 0 bridgehead atoms. The molecule has 0 aliphatic heterocycles. The third kappa shape index (κ3) is 5.82. The lowest BCUT2D eigenvalue weighted by Gasteiger charge is -2.23. The van der Waals surface area contributed by atoms with Gasteiger partial charge in [-0.05, 0) is 53.9 Å². The van der Waals surface area contributed by atoms with Crippen LogP contribution in [-0.2, 0) is 5.41 Å². The smallest absolute Gasteiger partial charge is 0.119 e. The molecular formula is C29H37N3O. The summed E-state index contributed by atoms with van der Waals surface area (Å²) >= 11 is 0. The second-order valence-corrected chi connectivity index (χ2v) is 9.50. The Kier molecular flexibility index (Phi) is 7.93. The Bertz CT molecular complexity index is 1160. The molecule has 0 saturated carbocycles. The van der Waals surface area contributed by atoms with Gasteiger partial charge in [0, 0.05) is 17.5 Å². The van der Waals surface area contributed by atoms with Gasteiger partial charge in [-0.25, -0.2) is 4.98 Å². The summed E-state index contributed by atoms with van der Waals surface area (Å²) in [5.74, 6) is 2.44. The van der Waals surface area contributed by atoms with Gasteiger partial charge in [0.2, 0.25) is 0 Å². The number of hydrogen-bond acceptors (Lipinski definition) is 3. The fraction of sp³-hybridized carbons (Fsp3) is 0.345. The Morgan fingerprint density at radius 3 is 2.58 bits per heavy atom. The molecule has 3 aromatic rings. The fourth-order valence-corrected chi connectivity index (χ4v) is 3.90. The average molecular weight is 444 g/mol. The molecule has 0 radical (unpaired) electrons. The maximum absolute atomic E-state index is 5.38. The highest BCUT2D eigenvalue weighted by Gasteiger charge is 2.27. The molecule has 174 valence electrons. The van der Waals surface area contributed by atoms with Crippen LogP contribution in [0, 0.1) is 5.92 Å². The molecule has 3 rings (SSSR count). The minimum atomic E-state index is -0.151. The lowest BCUT2D eigenvalue weighted by atomic mass is 9.92. The summed E-state index contributed by atoms with van der Waals surface area (Å²) in [4.78, 5) is 8.80. The summed E-state index contributed by atoms with van der Waals surface area (Å²) in [7, 11) is 1.69. The second kappa shape index (κ2) is 10.7. The maximum atomic E-state index is 5.38. The first-order valence-corrected chi connectivity index (χ1v) is 11.6. The Morgan fingerprint density at radius 1 is 1.18 bits per heavy atom. The van der Waals surface area contributed by atoms with Gasteiger partial charge in [0.1, 0.15) is 11.6 Å². The third-order valence-corrected chi connectivity index (χ3v) is 5.72. The minimum absolute atomic E-state index is 0.151. The first-order chi connectivity index (χ1) is 15.8. The molecule has 1 aromatic heterocycles. The van der Waals surface area contributed by atoms with E-state index >= 15 is 0 Å². The molecule has 0 aliphatic rings. The zero-order valence-corrected chi connectivity index (χ0v) is 20.8. The molecule has 33 heavy (non-hydrogen) atoms. The van der Waals surface area contributed by atoms with Crippen molar-refractivity contribution in [3.8, 4) is 17.0 Å². The van der Waals surface area contributed by atoms with E-state index in [1.165, 1.54) is 0 Å². The zero-order chi connectivity index (χ0) is 24.0. The lowest BCUT2D eigenvalue weighted by molar-refractivity contribution is 0.415. The fourth-order valence-electron chi connectivity index (χ4n) is 3.90. The number of rotatable bonds is 10. The Labute approximate surface area is 198 Å². The van der Waals surface area contributed by atoms with Crippen molar-refractivity contribution < 1.29 is 4.74 Å². The van der Waals surface area contributed by atoms with Crippen molar-refractivity contribution >= 4 is 16.3 Å². The predicted molar refractivity (Wildman–Crippen MR) is 142 cm³/mol. The van der Waals surface area contributed by atoms with Crippen LogP contribution < -0.4 is 10.1 Å². The Morgan fingerprint density at radius 2 is 1.91 bits per heavy atom. The highest BCUT2D eigenvalue weighted by atomic mass is 16.5. The Hall–Kier alpha value is -3.11. The van der Waals surface area contributed by atoms with E-state index in [4.69, 9.17) is 9.72 Å². The van der Waals surface area contributed by atoms with Gasteiger partial charge in [0.15, 0.2) is 0 Å². The van der Waals surface area contributed by atoms with Crippen LogP contribution in [-0.4, -0.2) is 30.2 Å². The van der Waals surface area contributed by atoms with Gasteiger partial charge in [-0.15, -0.1) is 0 Å². The number of hydrogen-bond donors (Lipinski definition) is 2. The van der Waals surface area contributed by atoms with Gasteiger partial charge in [-0.2, -0.15) is 0 Å². The number of methoxy groups -OCH3 is 1. The number of benzene rings is 2. The third-order valence-electron chi connectivity index (χ3n) is 5.72. The molecule has 0 atom stereocenters. The quantitative estimate of drug-likeness (QED) is 0.335. The monoisotopic (exact) mass is 443 g/mol. The number of nitrogens with zero attached hydrogens (tertiary/aromatic N) is 1. The van der Waals surface area contributed by atoms with E-state index in [-0.39, 0.29) is 5.41 Å². The lowest BCUT2D eigenvalue weighted by Crippen LogP contribution is -2.35. The highest BCUT2D eigenvalue weighted by molar-refractivity contribution is 5.90. The SMILES string of the molecule is C=C/C=C(\C=C/C)c1[nH]c(C(C)(C)CNCC(C)C)nc1-c1ccc2cc(OC)ccc2c1. The van der Waals surface area contributed by atoms with Crippen molar-refractivity contribution in [2.75, 3.05) is 20.2 Å². The number of aromatic amines is 1. The van der Waals surface area contributed by atoms with Crippen LogP contribution in [0.5, 0.6) is 5.75 Å². The minimum Gasteiger partial charge on any atom is -0.497 e. The number of nitrogens with one attached hydrogen (secondary N) is 2. The first-order valence-electron chi connectivity index (χ1n) is 11.6. The van der Waals surface area contributed by atoms with Gasteiger partial charge >= 0.3 is 0 Å². The molecule has 0 saturated heterocycles. The Balaban J connectivity index is 2.11. The molecule has 0 spiro atoms. The van der Waals surface area contributed by atoms with Gasteiger partial charge < -0.3 is 15.0 Å². The highest BCUT2D eigenvalue weighted by Crippen LogP contribution is 2.34. The van der Waals surface area contributed by atoms with Gasteiger partial charge in [0.05, 0.1) is 18.5 Å². The van der Waals surface area contributed by atoms with Crippen LogP contribution in [0.25, 0.3) is 27.6 Å². The van der Waals surface area contributed by atoms with E-state index in [1.54, 1.807) is 7.11 Å². The van der Waals surface area contributed by atoms with Crippen molar-refractivity contribution in [3.63, 3.8) is 0 Å². The second-order valence-electron chi connectivity index (χ2n) is 9.50. The summed E-state index contributed by atoms with van der Waals surface area (Å²) in [5, 5.41) is 5.89. The normalized spacial score (nSPS) is 12.8. The summed E-state index contributed by atoms with van der Waals surface area (Å²) in [6.45, 7) is 16.7. The van der Waals surface area contributed by atoms with Crippen molar-refractivity contribution in [3.05, 3.63) is 78.8 Å². The van der Waals surface area contributed by atoms with E-state index in [0.29, 0.717) is 5.92 Å². The number of imidazole rings is 1. The number of aromatic nitrogens is 2. The first kappa shape index (κ1) is 24.5. The van der Waals surface area contributed by atoms with E-state index in [1.807, 2.05) is 31.2 Å². The summed E-state index contributed by atoms with van der Waals surface area (Å²) < 4.78 is 5.38. The molecule has 2 N–H and O–H groups in total. The van der Waals surface area contributed by atoms with Crippen molar-refractivity contribution in [1.82, 2.24) is 15.3 Å². The molecule has 0 unspecified atom stereocenters. The number of H-pyrrole nitrogens is 1. The van der Waals surface area contributed by atoms with Crippen molar-refractivity contribution in [2.45, 2.75) is 40.0 Å². The predicted octanol–water partition coefficient (Wildman–Crippen LogP) is 6.91. The van der Waals surface area contributed by atoms with Crippen molar-refractivity contribution in [1.29, 1.82) is 0 Å². The molecule has 1 heterocycles. The molecule has 2 aromatic carbocycles. The van der Waals surface area contributed by atoms with E-state index in [9.17, 15) is 0 Å². The standard InChI is InChI=1S/C29H37N3O/c1-8-10-21(11-9-2)26-27(32-28(31-26)29(5,6)19-30-18-20(3)4)24-13-12-23-17-25(33-7)15-14-22(23)16-24/h8-17,20,30H,1,18-19H2,2-7H3,(H,31,32)/b11-9-,21-10+. The number of fused-ring (bicyclic) bond motifs is 1.